The third-order valence-corrected chi connectivity index (χ3v) is 3.17. The number of fused-ring (bicyclic) bond motifs is 1. The molecule has 0 saturated heterocycles. The molecule has 3 heteroatoms. The Bertz CT molecular complexity index is 447. The van der Waals surface area contributed by atoms with Crippen LogP contribution in [0.25, 0.3) is 0 Å². The first-order valence-electron chi connectivity index (χ1n) is 5.45. The second-order valence-corrected chi connectivity index (χ2v) is 4.98. The van der Waals surface area contributed by atoms with Gasteiger partial charge in [0.05, 0.1) is 7.11 Å². The molecular formula is C13H18O3. The molecule has 0 fully saturated rings. The summed E-state index contributed by atoms with van der Waals surface area (Å²) >= 11 is 0. The van der Waals surface area contributed by atoms with E-state index in [-0.39, 0.29) is 5.60 Å². The lowest BCUT2D eigenvalue weighted by Gasteiger charge is -2.18. The first-order chi connectivity index (χ1) is 7.37. The summed E-state index contributed by atoms with van der Waals surface area (Å²) in [6, 6.07) is 0. The topological polar surface area (TPSA) is 38.7 Å². The summed E-state index contributed by atoms with van der Waals surface area (Å²) in [6.45, 7) is 7.85. The number of benzene rings is 1. The first-order valence-corrected chi connectivity index (χ1v) is 5.45. The molecule has 1 aromatic carbocycles. The number of phenols is 1. The molecule has 0 amide bonds. The van der Waals surface area contributed by atoms with Gasteiger partial charge in [-0.05, 0) is 33.3 Å². The highest BCUT2D eigenvalue weighted by Gasteiger charge is 2.35. The largest absolute Gasteiger partial charge is 0.507 e. The van der Waals surface area contributed by atoms with Gasteiger partial charge < -0.3 is 14.6 Å². The van der Waals surface area contributed by atoms with Crippen LogP contribution in [0.15, 0.2) is 0 Å². The summed E-state index contributed by atoms with van der Waals surface area (Å²) < 4.78 is 11.2. The average Bonchev–Trinajstić information content (AvgIpc) is 2.52. The summed E-state index contributed by atoms with van der Waals surface area (Å²) in [5.41, 5.74) is 2.49. The molecule has 0 atom stereocenters. The third-order valence-electron chi connectivity index (χ3n) is 3.17. The number of hydrogen-bond donors (Lipinski definition) is 1. The zero-order chi connectivity index (χ0) is 12.1. The summed E-state index contributed by atoms with van der Waals surface area (Å²) in [5, 5.41) is 10.0. The number of aromatic hydroxyl groups is 1. The van der Waals surface area contributed by atoms with Crippen molar-refractivity contribution in [1.29, 1.82) is 0 Å². The second kappa shape index (κ2) is 3.30. The number of rotatable bonds is 1. The Kier molecular flexibility index (Phi) is 2.30. The predicted octanol–water partition coefficient (Wildman–Crippen LogP) is 2.73. The van der Waals surface area contributed by atoms with Gasteiger partial charge in [0.1, 0.15) is 11.4 Å². The van der Waals surface area contributed by atoms with Crippen LogP contribution in [0.5, 0.6) is 17.2 Å². The van der Waals surface area contributed by atoms with Crippen LogP contribution in [0.3, 0.4) is 0 Å². The fourth-order valence-electron chi connectivity index (χ4n) is 2.31. The fourth-order valence-corrected chi connectivity index (χ4v) is 2.31. The van der Waals surface area contributed by atoms with Gasteiger partial charge in [-0.15, -0.1) is 0 Å². The van der Waals surface area contributed by atoms with Crippen LogP contribution in [0.2, 0.25) is 0 Å². The maximum Gasteiger partial charge on any atom is 0.167 e. The van der Waals surface area contributed by atoms with Crippen LogP contribution in [0.4, 0.5) is 0 Å². The Morgan fingerprint density at radius 2 is 1.88 bits per heavy atom. The lowest BCUT2D eigenvalue weighted by Crippen LogP contribution is -2.24. The van der Waals surface area contributed by atoms with E-state index in [2.05, 4.69) is 0 Å². The summed E-state index contributed by atoms with van der Waals surface area (Å²) in [7, 11) is 1.60. The van der Waals surface area contributed by atoms with Crippen LogP contribution < -0.4 is 9.47 Å². The zero-order valence-corrected chi connectivity index (χ0v) is 10.5. The average molecular weight is 222 g/mol. The van der Waals surface area contributed by atoms with Crippen LogP contribution in [-0.2, 0) is 6.42 Å². The van der Waals surface area contributed by atoms with E-state index >= 15 is 0 Å². The highest BCUT2D eigenvalue weighted by molar-refractivity contribution is 5.63. The quantitative estimate of drug-likeness (QED) is 0.794. The van der Waals surface area contributed by atoms with E-state index in [4.69, 9.17) is 9.47 Å². The van der Waals surface area contributed by atoms with Crippen molar-refractivity contribution in [2.24, 2.45) is 0 Å². The fraction of sp³-hybridized carbons (Fsp3) is 0.538. The first kappa shape index (κ1) is 11.1. The standard InChI is InChI=1S/C13H18O3/c1-7-9-6-13(3,4)16-12(9)11(15-5)8(2)10(7)14/h14H,6H2,1-5H3. The lowest BCUT2D eigenvalue weighted by molar-refractivity contribution is 0.134. The Morgan fingerprint density at radius 1 is 1.25 bits per heavy atom. The smallest absolute Gasteiger partial charge is 0.167 e. The lowest BCUT2D eigenvalue weighted by atomic mass is 9.95. The molecule has 1 aromatic rings. The minimum absolute atomic E-state index is 0.222. The molecule has 1 N–H and O–H groups in total. The minimum atomic E-state index is -0.222. The normalized spacial score (nSPS) is 16.8. The van der Waals surface area contributed by atoms with Gasteiger partial charge in [-0.25, -0.2) is 0 Å². The molecule has 0 bridgehead atoms. The number of ether oxygens (including phenoxy) is 2. The van der Waals surface area contributed by atoms with Gasteiger partial charge in [-0.3, -0.25) is 0 Å². The summed E-state index contributed by atoms with van der Waals surface area (Å²) in [6.07, 6.45) is 0.804. The van der Waals surface area contributed by atoms with E-state index in [1.165, 1.54) is 0 Å². The minimum Gasteiger partial charge on any atom is -0.507 e. The molecule has 0 spiro atoms. The van der Waals surface area contributed by atoms with E-state index in [0.29, 0.717) is 11.5 Å². The third kappa shape index (κ3) is 1.42. The molecule has 16 heavy (non-hydrogen) atoms. The van der Waals surface area contributed by atoms with Crippen LogP contribution in [0.1, 0.15) is 30.5 Å². The molecule has 0 radical (unpaired) electrons. The van der Waals surface area contributed by atoms with Gasteiger partial charge in [0, 0.05) is 17.5 Å². The number of phenolic OH excluding ortho intramolecular Hbond substituents is 1. The van der Waals surface area contributed by atoms with E-state index in [9.17, 15) is 5.11 Å². The monoisotopic (exact) mass is 222 g/mol. The highest BCUT2D eigenvalue weighted by atomic mass is 16.5. The highest BCUT2D eigenvalue weighted by Crippen LogP contribution is 2.49. The van der Waals surface area contributed by atoms with E-state index < -0.39 is 0 Å². The Balaban J connectivity index is 2.70. The molecule has 0 aromatic heterocycles. The summed E-state index contributed by atoms with van der Waals surface area (Å²) in [5.74, 6) is 1.76. The molecule has 88 valence electrons. The van der Waals surface area contributed by atoms with Crippen molar-refractivity contribution in [3.8, 4) is 17.2 Å². The van der Waals surface area contributed by atoms with E-state index in [1.807, 2.05) is 27.7 Å². The molecular weight excluding hydrogens is 204 g/mol. The van der Waals surface area contributed by atoms with Crippen LogP contribution in [0, 0.1) is 13.8 Å². The number of methoxy groups -OCH3 is 1. The molecule has 1 heterocycles. The molecule has 0 aliphatic carbocycles. The number of hydrogen-bond acceptors (Lipinski definition) is 3. The SMILES string of the molecule is COc1c(C)c(O)c(C)c2c1OC(C)(C)C2. The van der Waals surface area contributed by atoms with Crippen LogP contribution in [-0.4, -0.2) is 17.8 Å². The molecule has 1 aliphatic heterocycles. The van der Waals surface area contributed by atoms with Crippen molar-refractivity contribution < 1.29 is 14.6 Å². The van der Waals surface area contributed by atoms with Crippen molar-refractivity contribution in [3.63, 3.8) is 0 Å². The van der Waals surface area contributed by atoms with Crippen molar-refractivity contribution in [3.05, 3.63) is 16.7 Å². The van der Waals surface area contributed by atoms with E-state index in [0.717, 1.165) is 28.9 Å². The predicted molar refractivity (Wildman–Crippen MR) is 62.5 cm³/mol. The Hall–Kier alpha value is -1.38. The van der Waals surface area contributed by atoms with E-state index in [1.54, 1.807) is 7.11 Å². The summed E-state index contributed by atoms with van der Waals surface area (Å²) in [4.78, 5) is 0. The molecule has 0 unspecified atom stereocenters. The Labute approximate surface area is 96.0 Å². The van der Waals surface area contributed by atoms with Crippen LogP contribution >= 0.6 is 0 Å². The van der Waals surface area contributed by atoms with Gasteiger partial charge in [-0.1, -0.05) is 0 Å². The second-order valence-electron chi connectivity index (χ2n) is 4.98. The van der Waals surface area contributed by atoms with Crippen molar-refractivity contribution >= 4 is 0 Å². The van der Waals surface area contributed by atoms with Crippen molar-refractivity contribution in [2.75, 3.05) is 7.11 Å². The van der Waals surface area contributed by atoms with Gasteiger partial charge in [0.2, 0.25) is 0 Å². The van der Waals surface area contributed by atoms with Gasteiger partial charge >= 0.3 is 0 Å². The molecule has 2 rings (SSSR count). The molecule has 1 aliphatic rings. The maximum atomic E-state index is 10.0. The van der Waals surface area contributed by atoms with Crippen molar-refractivity contribution in [1.82, 2.24) is 0 Å². The zero-order valence-electron chi connectivity index (χ0n) is 10.5. The van der Waals surface area contributed by atoms with Crippen molar-refractivity contribution in [2.45, 2.75) is 39.7 Å². The molecule has 3 nitrogen and oxygen atoms in total. The Morgan fingerprint density at radius 3 is 2.44 bits per heavy atom. The maximum absolute atomic E-state index is 10.0. The van der Waals surface area contributed by atoms with Gasteiger partial charge in [0.25, 0.3) is 0 Å². The van der Waals surface area contributed by atoms with Gasteiger partial charge in [-0.2, -0.15) is 0 Å². The van der Waals surface area contributed by atoms with Gasteiger partial charge in [0.15, 0.2) is 11.5 Å². The molecule has 0 saturated carbocycles.